The van der Waals surface area contributed by atoms with E-state index < -0.39 is 0 Å². The number of esters is 1. The Labute approximate surface area is 107 Å². The van der Waals surface area contributed by atoms with Crippen LogP contribution in [0.15, 0.2) is 35.5 Å². The van der Waals surface area contributed by atoms with Gasteiger partial charge >= 0.3 is 5.97 Å². The number of hydrogen-bond acceptors (Lipinski definition) is 3. The highest BCUT2D eigenvalue weighted by Gasteiger charge is 2.35. The van der Waals surface area contributed by atoms with Gasteiger partial charge in [-0.1, -0.05) is 26.0 Å². The van der Waals surface area contributed by atoms with Gasteiger partial charge in [-0.25, -0.2) is 4.79 Å². The predicted molar refractivity (Wildman–Crippen MR) is 68.9 cm³/mol. The largest absolute Gasteiger partial charge is 0.454 e. The highest BCUT2D eigenvalue weighted by Crippen LogP contribution is 2.33. The molecule has 0 amide bonds. The molecular weight excluding hydrogens is 228 g/mol. The molecule has 0 spiro atoms. The fourth-order valence-corrected chi connectivity index (χ4v) is 2.09. The first kappa shape index (κ1) is 12.8. The molecule has 0 N–H and O–H groups in total. The number of ketones is 1. The standard InChI is InChI=1S/C15H18O3/c1-10-5-4-6-11-9-13(18-14(11)17)15(2,3)8-7-12(10)16/h5,7-9,13H,4,6H2,1-3H3/b8-7-,10-5-/t13-/m1/s1. The van der Waals surface area contributed by atoms with Gasteiger partial charge in [0.25, 0.3) is 0 Å². The van der Waals surface area contributed by atoms with E-state index in [1.807, 2.05) is 39.0 Å². The molecule has 0 saturated carbocycles. The van der Waals surface area contributed by atoms with Gasteiger partial charge in [0.1, 0.15) is 6.10 Å². The van der Waals surface area contributed by atoms with Crippen LogP contribution in [0.3, 0.4) is 0 Å². The maximum Gasteiger partial charge on any atom is 0.334 e. The molecule has 0 saturated heterocycles. The smallest absolute Gasteiger partial charge is 0.334 e. The van der Waals surface area contributed by atoms with E-state index in [0.717, 1.165) is 11.1 Å². The lowest BCUT2D eigenvalue weighted by atomic mass is 9.85. The lowest BCUT2D eigenvalue weighted by Gasteiger charge is -2.25. The van der Waals surface area contributed by atoms with Gasteiger partial charge in [-0.15, -0.1) is 0 Å². The molecule has 3 nitrogen and oxygen atoms in total. The van der Waals surface area contributed by atoms with Gasteiger partial charge in [0.2, 0.25) is 0 Å². The third kappa shape index (κ3) is 2.45. The van der Waals surface area contributed by atoms with Gasteiger partial charge in [-0.05, 0) is 37.5 Å². The van der Waals surface area contributed by atoms with Crippen LogP contribution in [0, 0.1) is 5.41 Å². The van der Waals surface area contributed by atoms with Crippen molar-refractivity contribution in [3.63, 3.8) is 0 Å². The zero-order chi connectivity index (χ0) is 13.3. The van der Waals surface area contributed by atoms with Crippen LogP contribution in [0.25, 0.3) is 0 Å². The number of carbonyl (C=O) groups is 2. The molecule has 3 heteroatoms. The van der Waals surface area contributed by atoms with E-state index in [4.69, 9.17) is 4.74 Å². The maximum atomic E-state index is 11.8. The Morgan fingerprint density at radius 2 is 2.06 bits per heavy atom. The van der Waals surface area contributed by atoms with Crippen LogP contribution >= 0.6 is 0 Å². The SMILES string of the molecule is C/C1=C/CCC2=C[C@@H](OC2=O)C(C)(C)/C=C\C1=O. The Morgan fingerprint density at radius 1 is 1.33 bits per heavy atom. The van der Waals surface area contributed by atoms with Crippen LogP contribution in [0.1, 0.15) is 33.6 Å². The quantitative estimate of drug-likeness (QED) is 0.617. The highest BCUT2D eigenvalue weighted by atomic mass is 16.5. The summed E-state index contributed by atoms with van der Waals surface area (Å²) < 4.78 is 5.36. The minimum absolute atomic E-state index is 0.0252. The van der Waals surface area contributed by atoms with Crippen molar-refractivity contribution in [1.82, 2.24) is 0 Å². The second kappa shape index (κ2) is 4.56. The average Bonchev–Trinajstić information content (AvgIpc) is 2.67. The zero-order valence-corrected chi connectivity index (χ0v) is 11.0. The molecule has 1 aliphatic carbocycles. The van der Waals surface area contributed by atoms with Gasteiger partial charge in [0.15, 0.2) is 5.78 Å². The molecule has 2 rings (SSSR count). The summed E-state index contributed by atoms with van der Waals surface area (Å²) in [6.07, 6.45) is 8.24. The van der Waals surface area contributed by atoms with Crippen LogP contribution in [-0.2, 0) is 14.3 Å². The molecule has 1 atom stereocenters. The lowest BCUT2D eigenvalue weighted by Crippen LogP contribution is -2.27. The Kier molecular flexibility index (Phi) is 3.24. The molecule has 2 bridgehead atoms. The number of hydrogen-bond donors (Lipinski definition) is 0. The summed E-state index contributed by atoms with van der Waals surface area (Å²) in [4.78, 5) is 23.5. The van der Waals surface area contributed by atoms with Crippen molar-refractivity contribution in [1.29, 1.82) is 0 Å². The van der Waals surface area contributed by atoms with E-state index in [2.05, 4.69) is 0 Å². The van der Waals surface area contributed by atoms with Crippen molar-refractivity contribution in [2.24, 2.45) is 5.41 Å². The van der Waals surface area contributed by atoms with Crippen LogP contribution < -0.4 is 0 Å². The molecule has 0 aromatic heterocycles. The average molecular weight is 246 g/mol. The maximum absolute atomic E-state index is 11.8. The second-order valence-electron chi connectivity index (χ2n) is 5.46. The number of carbonyl (C=O) groups excluding carboxylic acids is 2. The molecular formula is C15H18O3. The summed E-state index contributed by atoms with van der Waals surface area (Å²) in [5.41, 5.74) is 1.09. The van der Waals surface area contributed by atoms with Gasteiger partial charge in [0, 0.05) is 11.0 Å². The molecule has 0 fully saturated rings. The zero-order valence-electron chi connectivity index (χ0n) is 11.0. The first-order valence-electron chi connectivity index (χ1n) is 6.22. The van der Waals surface area contributed by atoms with Gasteiger partial charge in [-0.3, -0.25) is 4.79 Å². The minimum atomic E-state index is -0.363. The molecule has 2 aliphatic rings. The molecule has 0 aromatic rings. The second-order valence-corrected chi connectivity index (χ2v) is 5.46. The summed E-state index contributed by atoms with van der Waals surface area (Å²) in [5.74, 6) is -0.198. The summed E-state index contributed by atoms with van der Waals surface area (Å²) in [7, 11) is 0. The Hall–Kier alpha value is -1.64. The third-order valence-electron chi connectivity index (χ3n) is 3.50. The number of ether oxygens (including phenoxy) is 1. The van der Waals surface area contributed by atoms with Gasteiger partial charge in [0.05, 0.1) is 0 Å². The summed E-state index contributed by atoms with van der Waals surface area (Å²) >= 11 is 0. The first-order chi connectivity index (χ1) is 8.40. The summed E-state index contributed by atoms with van der Waals surface area (Å²) in [6, 6.07) is 0. The van der Waals surface area contributed by atoms with E-state index >= 15 is 0 Å². The number of fused-ring (bicyclic) bond motifs is 1. The Balaban J connectivity index is 2.37. The van der Waals surface area contributed by atoms with E-state index in [1.165, 1.54) is 0 Å². The Bertz CT molecular complexity index is 478. The predicted octanol–water partition coefficient (Wildman–Crippen LogP) is 2.73. The Morgan fingerprint density at radius 3 is 2.78 bits per heavy atom. The molecule has 0 aromatic carbocycles. The summed E-state index contributed by atoms with van der Waals surface area (Å²) in [6.45, 7) is 5.73. The van der Waals surface area contributed by atoms with E-state index in [0.29, 0.717) is 12.8 Å². The van der Waals surface area contributed by atoms with Crippen LogP contribution in [0.2, 0.25) is 0 Å². The van der Waals surface area contributed by atoms with Gasteiger partial charge in [-0.2, -0.15) is 0 Å². The fourth-order valence-electron chi connectivity index (χ4n) is 2.09. The van der Waals surface area contributed by atoms with Crippen LogP contribution in [0.4, 0.5) is 0 Å². The molecule has 1 heterocycles. The molecule has 96 valence electrons. The first-order valence-corrected chi connectivity index (χ1v) is 6.22. The van der Waals surface area contributed by atoms with Crippen molar-refractivity contribution in [2.45, 2.75) is 39.7 Å². The van der Waals surface area contributed by atoms with Crippen molar-refractivity contribution in [2.75, 3.05) is 0 Å². The van der Waals surface area contributed by atoms with Crippen molar-refractivity contribution >= 4 is 11.8 Å². The number of rotatable bonds is 0. The van der Waals surface area contributed by atoms with Crippen molar-refractivity contribution in [3.8, 4) is 0 Å². The van der Waals surface area contributed by atoms with Gasteiger partial charge < -0.3 is 4.74 Å². The van der Waals surface area contributed by atoms with Crippen LogP contribution in [-0.4, -0.2) is 17.9 Å². The molecule has 18 heavy (non-hydrogen) atoms. The number of allylic oxidation sites excluding steroid dienone is 3. The normalized spacial score (nSPS) is 31.8. The van der Waals surface area contributed by atoms with Crippen molar-refractivity contribution in [3.05, 3.63) is 35.5 Å². The third-order valence-corrected chi connectivity index (χ3v) is 3.50. The topological polar surface area (TPSA) is 43.4 Å². The molecule has 1 aliphatic heterocycles. The van der Waals surface area contributed by atoms with Crippen molar-refractivity contribution < 1.29 is 14.3 Å². The monoisotopic (exact) mass is 246 g/mol. The van der Waals surface area contributed by atoms with Crippen LogP contribution in [0.5, 0.6) is 0 Å². The lowest BCUT2D eigenvalue weighted by molar-refractivity contribution is -0.142. The summed E-state index contributed by atoms with van der Waals surface area (Å²) in [5, 5.41) is 0. The molecule has 0 radical (unpaired) electrons. The van der Waals surface area contributed by atoms with E-state index in [9.17, 15) is 9.59 Å². The highest BCUT2D eigenvalue weighted by molar-refractivity contribution is 6.03. The van der Waals surface area contributed by atoms with E-state index in [-0.39, 0.29) is 23.3 Å². The minimum Gasteiger partial charge on any atom is -0.454 e. The molecule has 0 unspecified atom stereocenters. The fraction of sp³-hybridized carbons (Fsp3) is 0.467. The van der Waals surface area contributed by atoms with E-state index in [1.54, 1.807) is 6.08 Å².